The van der Waals surface area contributed by atoms with Gasteiger partial charge < -0.3 is 14.9 Å². The predicted molar refractivity (Wildman–Crippen MR) is 76.2 cm³/mol. The number of nitrogens with zero attached hydrogens (tertiary/aromatic N) is 2. The molecule has 0 rings (SSSR count). The van der Waals surface area contributed by atoms with Gasteiger partial charge in [-0.25, -0.2) is 4.79 Å². The minimum atomic E-state index is -0.881. The highest BCUT2D eigenvalue weighted by Gasteiger charge is 2.31. The molecule has 0 fully saturated rings. The van der Waals surface area contributed by atoms with Gasteiger partial charge in [-0.1, -0.05) is 6.92 Å². The third-order valence-electron chi connectivity index (χ3n) is 2.92. The van der Waals surface area contributed by atoms with Gasteiger partial charge in [-0.2, -0.15) is 0 Å². The summed E-state index contributed by atoms with van der Waals surface area (Å²) in [4.78, 5) is 26.8. The Kier molecular flexibility index (Phi) is 6.87. The molecule has 0 aliphatic carbocycles. The van der Waals surface area contributed by atoms with Crippen molar-refractivity contribution in [2.45, 2.75) is 66.0 Å². The highest BCUT2D eigenvalue weighted by atomic mass is 16.4. The summed E-state index contributed by atoms with van der Waals surface area (Å²) >= 11 is 0. The minimum absolute atomic E-state index is 0.0267. The molecule has 0 aliphatic heterocycles. The monoisotopic (exact) mass is 272 g/mol. The molecule has 0 bridgehead atoms. The van der Waals surface area contributed by atoms with E-state index < -0.39 is 5.97 Å². The van der Waals surface area contributed by atoms with Gasteiger partial charge in [0, 0.05) is 24.7 Å². The molecule has 5 nitrogen and oxygen atoms in total. The third-order valence-corrected chi connectivity index (χ3v) is 2.92. The fourth-order valence-corrected chi connectivity index (χ4v) is 1.90. The van der Waals surface area contributed by atoms with Crippen LogP contribution in [-0.2, 0) is 4.79 Å². The van der Waals surface area contributed by atoms with E-state index in [0.29, 0.717) is 6.54 Å². The molecule has 0 aromatic rings. The first-order chi connectivity index (χ1) is 8.61. The Hall–Kier alpha value is -1.26. The number of amides is 2. The van der Waals surface area contributed by atoms with Crippen molar-refractivity contribution in [1.29, 1.82) is 0 Å². The Morgan fingerprint density at radius 3 is 2.00 bits per heavy atom. The molecular formula is C14H28N2O3. The number of hydrogen-bond acceptors (Lipinski definition) is 2. The molecule has 19 heavy (non-hydrogen) atoms. The molecule has 0 unspecified atom stereocenters. The second-order valence-corrected chi connectivity index (χ2v) is 6.04. The zero-order valence-corrected chi connectivity index (χ0v) is 13.1. The predicted octanol–water partition coefficient (Wildman–Crippen LogP) is 2.80. The normalized spacial score (nSPS) is 11.5. The van der Waals surface area contributed by atoms with Crippen molar-refractivity contribution >= 4 is 12.0 Å². The quantitative estimate of drug-likeness (QED) is 0.808. The summed E-state index contributed by atoms with van der Waals surface area (Å²) in [6.07, 6.45) is 0.863. The van der Waals surface area contributed by atoms with Crippen LogP contribution in [0.4, 0.5) is 4.79 Å². The van der Waals surface area contributed by atoms with Crippen LogP contribution >= 0.6 is 0 Å². The molecule has 0 atom stereocenters. The van der Waals surface area contributed by atoms with E-state index >= 15 is 0 Å². The van der Waals surface area contributed by atoms with Crippen molar-refractivity contribution in [3.05, 3.63) is 0 Å². The number of carbonyl (C=O) groups is 2. The van der Waals surface area contributed by atoms with E-state index in [9.17, 15) is 9.59 Å². The summed E-state index contributed by atoms with van der Waals surface area (Å²) in [5, 5.41) is 8.81. The average molecular weight is 272 g/mol. The maximum atomic E-state index is 12.6. The Morgan fingerprint density at radius 2 is 1.68 bits per heavy atom. The van der Waals surface area contributed by atoms with Gasteiger partial charge in [-0.15, -0.1) is 0 Å². The van der Waals surface area contributed by atoms with E-state index in [1.807, 2.05) is 41.5 Å². The minimum Gasteiger partial charge on any atom is -0.481 e. The maximum absolute atomic E-state index is 12.6. The molecule has 0 heterocycles. The van der Waals surface area contributed by atoms with Gasteiger partial charge in [0.15, 0.2) is 0 Å². The van der Waals surface area contributed by atoms with Crippen LogP contribution < -0.4 is 0 Å². The molecule has 0 aliphatic rings. The smallest absolute Gasteiger partial charge is 0.320 e. The Morgan fingerprint density at radius 1 is 1.16 bits per heavy atom. The summed E-state index contributed by atoms with van der Waals surface area (Å²) in [5.41, 5.74) is -0.382. The first kappa shape index (κ1) is 17.7. The van der Waals surface area contributed by atoms with Crippen LogP contribution in [0.25, 0.3) is 0 Å². The molecule has 0 saturated heterocycles. The summed E-state index contributed by atoms with van der Waals surface area (Å²) in [7, 11) is 0. The van der Waals surface area contributed by atoms with E-state index in [-0.39, 0.29) is 30.6 Å². The molecule has 0 aromatic heterocycles. The van der Waals surface area contributed by atoms with Crippen LogP contribution in [0.2, 0.25) is 0 Å². The molecule has 5 heteroatoms. The van der Waals surface area contributed by atoms with E-state index in [4.69, 9.17) is 5.11 Å². The van der Waals surface area contributed by atoms with Crippen LogP contribution in [-0.4, -0.2) is 51.6 Å². The van der Waals surface area contributed by atoms with E-state index in [2.05, 4.69) is 0 Å². The molecule has 1 N–H and O–H groups in total. The van der Waals surface area contributed by atoms with Gasteiger partial charge in [-0.05, 0) is 41.0 Å². The first-order valence-corrected chi connectivity index (χ1v) is 6.91. The number of carboxylic acid groups (broad SMARTS) is 1. The summed E-state index contributed by atoms with van der Waals surface area (Å²) in [6, 6.07) is 0.0349. The lowest BCUT2D eigenvalue weighted by Crippen LogP contribution is -2.54. The molecule has 0 saturated carbocycles. The average Bonchev–Trinajstić information content (AvgIpc) is 2.22. The van der Waals surface area contributed by atoms with Crippen molar-refractivity contribution < 1.29 is 14.7 Å². The third kappa shape index (κ3) is 5.94. The number of aliphatic carboxylic acids is 1. The summed E-state index contributed by atoms with van der Waals surface area (Å²) < 4.78 is 0. The maximum Gasteiger partial charge on any atom is 0.320 e. The first-order valence-electron chi connectivity index (χ1n) is 6.91. The fourth-order valence-electron chi connectivity index (χ4n) is 1.90. The lowest BCUT2D eigenvalue weighted by Gasteiger charge is -2.40. The van der Waals surface area contributed by atoms with Crippen molar-refractivity contribution in [3.8, 4) is 0 Å². The van der Waals surface area contributed by atoms with E-state index in [1.165, 1.54) is 0 Å². The highest BCUT2D eigenvalue weighted by Crippen LogP contribution is 2.18. The molecular weight excluding hydrogens is 244 g/mol. The Balaban J connectivity index is 5.02. The molecule has 0 aromatic carbocycles. The SMILES string of the molecule is CCCN(C(=O)N(CCC(=O)O)C(C)(C)C)C(C)C. The van der Waals surface area contributed by atoms with Crippen molar-refractivity contribution in [1.82, 2.24) is 9.80 Å². The second-order valence-electron chi connectivity index (χ2n) is 6.04. The van der Waals surface area contributed by atoms with Crippen molar-refractivity contribution in [2.75, 3.05) is 13.1 Å². The number of carbonyl (C=O) groups excluding carboxylic acids is 1. The largest absolute Gasteiger partial charge is 0.481 e. The number of rotatable bonds is 6. The van der Waals surface area contributed by atoms with Crippen LogP contribution in [0.5, 0.6) is 0 Å². The topological polar surface area (TPSA) is 60.9 Å². The Labute approximate surface area is 116 Å². The summed E-state index contributed by atoms with van der Waals surface area (Å²) in [6.45, 7) is 12.7. The van der Waals surface area contributed by atoms with Crippen LogP contribution in [0, 0.1) is 0 Å². The van der Waals surface area contributed by atoms with E-state index in [0.717, 1.165) is 6.42 Å². The highest BCUT2D eigenvalue weighted by molar-refractivity contribution is 5.76. The lowest BCUT2D eigenvalue weighted by molar-refractivity contribution is -0.137. The molecule has 0 spiro atoms. The second kappa shape index (κ2) is 7.36. The van der Waals surface area contributed by atoms with Gasteiger partial charge in [0.25, 0.3) is 0 Å². The molecule has 0 radical (unpaired) electrons. The lowest BCUT2D eigenvalue weighted by atomic mass is 10.1. The van der Waals surface area contributed by atoms with E-state index in [1.54, 1.807) is 9.80 Å². The zero-order valence-electron chi connectivity index (χ0n) is 13.1. The molecule has 2 amide bonds. The Bertz CT molecular complexity index is 308. The number of carboxylic acids is 1. The fraction of sp³-hybridized carbons (Fsp3) is 0.857. The van der Waals surface area contributed by atoms with Gasteiger partial charge >= 0.3 is 12.0 Å². The van der Waals surface area contributed by atoms with Crippen LogP contribution in [0.1, 0.15) is 54.4 Å². The van der Waals surface area contributed by atoms with Crippen molar-refractivity contribution in [3.63, 3.8) is 0 Å². The number of urea groups is 1. The molecule has 112 valence electrons. The van der Waals surface area contributed by atoms with Gasteiger partial charge in [0.05, 0.1) is 6.42 Å². The van der Waals surface area contributed by atoms with Crippen molar-refractivity contribution in [2.24, 2.45) is 0 Å². The zero-order chi connectivity index (χ0) is 15.2. The van der Waals surface area contributed by atoms with Gasteiger partial charge in [0.2, 0.25) is 0 Å². The van der Waals surface area contributed by atoms with Gasteiger partial charge in [0.1, 0.15) is 0 Å². The van der Waals surface area contributed by atoms with Crippen LogP contribution in [0.3, 0.4) is 0 Å². The van der Waals surface area contributed by atoms with Crippen LogP contribution in [0.15, 0.2) is 0 Å². The van der Waals surface area contributed by atoms with Gasteiger partial charge in [-0.3, -0.25) is 4.79 Å². The summed E-state index contributed by atoms with van der Waals surface area (Å²) in [5.74, 6) is -0.881. The standard InChI is InChI=1S/C14H28N2O3/c1-7-9-15(11(2)3)13(19)16(14(4,5)6)10-8-12(17)18/h11H,7-10H2,1-6H3,(H,17,18). The number of hydrogen-bond donors (Lipinski definition) is 1.